The molecular formula is C52H37N5. The number of fused-ring (bicyclic) bond motifs is 5. The minimum Gasteiger partial charge on any atom is -0.307 e. The van der Waals surface area contributed by atoms with Crippen LogP contribution in [0.5, 0.6) is 0 Å². The second-order valence-corrected chi connectivity index (χ2v) is 14.1. The van der Waals surface area contributed by atoms with Crippen molar-refractivity contribution in [2.24, 2.45) is 0 Å². The van der Waals surface area contributed by atoms with E-state index in [0.29, 0.717) is 17.6 Å². The highest BCUT2D eigenvalue weighted by molar-refractivity contribution is 6.20. The van der Waals surface area contributed by atoms with Gasteiger partial charge in [-0.3, -0.25) is 4.57 Å². The summed E-state index contributed by atoms with van der Waals surface area (Å²) in [5.41, 5.74) is 12.7. The van der Waals surface area contributed by atoms with Crippen molar-refractivity contribution in [3.63, 3.8) is 0 Å². The van der Waals surface area contributed by atoms with Crippen LogP contribution in [0.1, 0.15) is 18.2 Å². The average Bonchev–Trinajstić information content (AvgIpc) is 3.79. The predicted octanol–water partition coefficient (Wildman–Crippen LogP) is 13.3. The van der Waals surface area contributed by atoms with Crippen molar-refractivity contribution in [1.82, 2.24) is 24.1 Å². The molecule has 10 aromatic rings. The average molecular weight is 732 g/mol. The van der Waals surface area contributed by atoms with E-state index in [0.717, 1.165) is 71.9 Å². The van der Waals surface area contributed by atoms with E-state index in [1.807, 2.05) is 73.7 Å². The standard InChI is InChI=1S/C52H37N5/c1-3-17-46-42(4-2)44-32-33-45-43-26-14-15-27-47(43)56(41-25-16-24-40(34-41)37-30-28-36(29-31-37)35-18-8-5-9-19-35)48(45)49(44)57(46)52-54-50(38-20-10-6-11-21-38)53-51(55-52)39-22-12-7-13-23-39/h3-34H,2H2,1H3/b17-3-. The Hall–Kier alpha value is -7.63. The zero-order chi connectivity index (χ0) is 38.3. The first-order valence-electron chi connectivity index (χ1n) is 19.2. The largest absolute Gasteiger partial charge is 0.307 e. The molecule has 0 saturated heterocycles. The maximum atomic E-state index is 5.25. The van der Waals surface area contributed by atoms with Crippen molar-refractivity contribution in [2.45, 2.75) is 6.92 Å². The van der Waals surface area contributed by atoms with Crippen LogP contribution in [0, 0.1) is 0 Å². The van der Waals surface area contributed by atoms with Gasteiger partial charge in [-0.05, 0) is 53.5 Å². The summed E-state index contributed by atoms with van der Waals surface area (Å²) in [5, 5.41) is 3.36. The van der Waals surface area contributed by atoms with E-state index in [4.69, 9.17) is 15.0 Å². The van der Waals surface area contributed by atoms with Crippen LogP contribution in [0.4, 0.5) is 0 Å². The van der Waals surface area contributed by atoms with Gasteiger partial charge in [0.2, 0.25) is 5.95 Å². The van der Waals surface area contributed by atoms with Crippen molar-refractivity contribution in [3.05, 3.63) is 200 Å². The Morgan fingerprint density at radius 3 is 1.61 bits per heavy atom. The molecule has 0 aliphatic heterocycles. The van der Waals surface area contributed by atoms with Gasteiger partial charge >= 0.3 is 0 Å². The molecule has 0 bridgehead atoms. The first kappa shape index (κ1) is 33.9. The summed E-state index contributed by atoms with van der Waals surface area (Å²) in [6, 6.07) is 61.5. The summed E-state index contributed by atoms with van der Waals surface area (Å²) < 4.78 is 4.60. The SMILES string of the molecule is C=Cc1c(/C=C\C)n(-c2nc(-c3ccccc3)nc(-c3ccccc3)n2)c2c1ccc1c3ccccc3n(-c3cccc(-c4ccc(-c5ccccc5)cc4)c3)c12. The molecule has 3 aromatic heterocycles. The number of allylic oxidation sites excluding steroid dienone is 1. The topological polar surface area (TPSA) is 48.5 Å². The number of nitrogens with zero attached hydrogens (tertiary/aromatic N) is 5. The van der Waals surface area contributed by atoms with Crippen molar-refractivity contribution in [1.29, 1.82) is 0 Å². The molecule has 0 atom stereocenters. The Kier molecular flexibility index (Phi) is 8.46. The van der Waals surface area contributed by atoms with Gasteiger partial charge < -0.3 is 4.57 Å². The van der Waals surface area contributed by atoms with E-state index in [-0.39, 0.29) is 0 Å². The molecule has 270 valence electrons. The lowest BCUT2D eigenvalue weighted by Gasteiger charge is -2.14. The molecule has 5 heteroatoms. The van der Waals surface area contributed by atoms with E-state index in [2.05, 4.69) is 143 Å². The summed E-state index contributed by atoms with van der Waals surface area (Å²) in [7, 11) is 0. The highest BCUT2D eigenvalue weighted by atomic mass is 15.2. The highest BCUT2D eigenvalue weighted by Gasteiger charge is 2.25. The van der Waals surface area contributed by atoms with Crippen molar-refractivity contribution < 1.29 is 0 Å². The molecule has 0 fully saturated rings. The highest BCUT2D eigenvalue weighted by Crippen LogP contribution is 2.42. The number of benzene rings is 7. The second kappa shape index (κ2) is 14.2. The fourth-order valence-electron chi connectivity index (χ4n) is 8.08. The van der Waals surface area contributed by atoms with Gasteiger partial charge in [0.15, 0.2) is 11.6 Å². The van der Waals surface area contributed by atoms with Crippen LogP contribution in [0.3, 0.4) is 0 Å². The van der Waals surface area contributed by atoms with Gasteiger partial charge in [-0.1, -0.05) is 176 Å². The van der Waals surface area contributed by atoms with E-state index in [1.165, 1.54) is 11.1 Å². The number of hydrogen-bond acceptors (Lipinski definition) is 3. The number of para-hydroxylation sites is 1. The van der Waals surface area contributed by atoms with Gasteiger partial charge in [0.1, 0.15) is 0 Å². The van der Waals surface area contributed by atoms with Gasteiger partial charge in [-0.25, -0.2) is 4.98 Å². The summed E-state index contributed by atoms with van der Waals surface area (Å²) in [6.07, 6.45) is 6.14. The van der Waals surface area contributed by atoms with E-state index in [9.17, 15) is 0 Å². The van der Waals surface area contributed by atoms with Gasteiger partial charge in [0.05, 0.1) is 22.2 Å². The fraction of sp³-hybridized carbons (Fsp3) is 0.0192. The fourth-order valence-corrected chi connectivity index (χ4v) is 8.08. The molecule has 10 rings (SSSR count). The molecule has 5 nitrogen and oxygen atoms in total. The van der Waals surface area contributed by atoms with Crippen LogP contribution < -0.4 is 0 Å². The molecule has 0 N–H and O–H groups in total. The Morgan fingerprint density at radius 1 is 0.456 bits per heavy atom. The predicted molar refractivity (Wildman–Crippen MR) is 238 cm³/mol. The lowest BCUT2D eigenvalue weighted by atomic mass is 10.00. The van der Waals surface area contributed by atoms with Crippen molar-refractivity contribution in [2.75, 3.05) is 0 Å². The van der Waals surface area contributed by atoms with Crippen LogP contribution in [0.2, 0.25) is 0 Å². The minimum absolute atomic E-state index is 0.533. The van der Waals surface area contributed by atoms with Gasteiger partial charge in [-0.2, -0.15) is 9.97 Å². The Balaban J connectivity index is 1.27. The molecule has 0 radical (unpaired) electrons. The third-order valence-electron chi connectivity index (χ3n) is 10.7. The molecule has 0 amide bonds. The zero-order valence-electron chi connectivity index (χ0n) is 31.4. The minimum atomic E-state index is 0.533. The van der Waals surface area contributed by atoms with E-state index < -0.39 is 0 Å². The van der Waals surface area contributed by atoms with Crippen LogP contribution in [0.25, 0.3) is 102 Å². The third-order valence-corrected chi connectivity index (χ3v) is 10.7. The molecule has 0 spiro atoms. The van der Waals surface area contributed by atoms with Crippen molar-refractivity contribution in [3.8, 4) is 56.7 Å². The Labute approximate surface area is 331 Å². The summed E-state index contributed by atoms with van der Waals surface area (Å²) in [6.45, 7) is 6.37. The molecule has 7 aromatic carbocycles. The summed E-state index contributed by atoms with van der Waals surface area (Å²) >= 11 is 0. The molecule has 0 saturated carbocycles. The Morgan fingerprint density at radius 2 is 0.982 bits per heavy atom. The molecule has 3 heterocycles. The maximum Gasteiger partial charge on any atom is 0.238 e. The maximum absolute atomic E-state index is 5.25. The van der Waals surface area contributed by atoms with Crippen LogP contribution >= 0.6 is 0 Å². The van der Waals surface area contributed by atoms with E-state index >= 15 is 0 Å². The first-order chi connectivity index (χ1) is 28.2. The van der Waals surface area contributed by atoms with Crippen LogP contribution in [0.15, 0.2) is 189 Å². The number of rotatable bonds is 8. The molecule has 0 aliphatic carbocycles. The first-order valence-corrected chi connectivity index (χ1v) is 19.2. The normalized spacial score (nSPS) is 11.6. The summed E-state index contributed by atoms with van der Waals surface area (Å²) in [5.74, 6) is 1.74. The Bertz CT molecular complexity index is 3060. The molecule has 0 unspecified atom stereocenters. The lowest BCUT2D eigenvalue weighted by molar-refractivity contribution is 0.926. The zero-order valence-corrected chi connectivity index (χ0v) is 31.4. The second-order valence-electron chi connectivity index (χ2n) is 14.1. The summed E-state index contributed by atoms with van der Waals surface area (Å²) in [4.78, 5) is 15.5. The number of hydrogen-bond donors (Lipinski definition) is 0. The molecular weight excluding hydrogens is 695 g/mol. The third kappa shape index (κ3) is 5.85. The molecule has 0 aliphatic rings. The lowest BCUT2D eigenvalue weighted by Crippen LogP contribution is -2.08. The monoisotopic (exact) mass is 731 g/mol. The molecule has 57 heavy (non-hydrogen) atoms. The smallest absolute Gasteiger partial charge is 0.238 e. The van der Waals surface area contributed by atoms with Crippen LogP contribution in [-0.4, -0.2) is 24.1 Å². The van der Waals surface area contributed by atoms with Gasteiger partial charge in [0, 0.05) is 38.5 Å². The van der Waals surface area contributed by atoms with Gasteiger partial charge in [0.25, 0.3) is 0 Å². The van der Waals surface area contributed by atoms with E-state index in [1.54, 1.807) is 0 Å². The van der Waals surface area contributed by atoms with Gasteiger partial charge in [-0.15, -0.1) is 0 Å². The number of aromatic nitrogens is 5. The quantitative estimate of drug-likeness (QED) is 0.156. The van der Waals surface area contributed by atoms with Crippen LogP contribution in [-0.2, 0) is 0 Å². The van der Waals surface area contributed by atoms with Crippen molar-refractivity contribution >= 4 is 44.9 Å².